The summed E-state index contributed by atoms with van der Waals surface area (Å²) in [5.41, 5.74) is -1.36. The number of aliphatic hydroxyl groups is 3. The Labute approximate surface area is 206 Å². The van der Waals surface area contributed by atoms with Gasteiger partial charge in [0.15, 0.2) is 34.9 Å². The van der Waals surface area contributed by atoms with E-state index < -0.39 is 64.7 Å². The maximum Gasteiger partial charge on any atom is 0.335 e. The van der Waals surface area contributed by atoms with Crippen molar-refractivity contribution in [3.8, 4) is 45.8 Å². The van der Waals surface area contributed by atoms with Crippen molar-refractivity contribution in [1.29, 1.82) is 0 Å². The largest absolute Gasteiger partial charge is 0.504 e. The number of phenols is 3. The van der Waals surface area contributed by atoms with Gasteiger partial charge in [0.1, 0.15) is 29.3 Å². The van der Waals surface area contributed by atoms with Crippen LogP contribution in [0.15, 0.2) is 33.5 Å². The Morgan fingerprint density at radius 1 is 0.919 bits per heavy atom. The molecule has 7 N–H and O–H groups in total. The molecule has 5 atom stereocenters. The zero-order valence-corrected chi connectivity index (χ0v) is 19.2. The minimum atomic E-state index is -2.04. The number of ether oxygens (including phenoxy) is 4. The molecule has 14 nitrogen and oxygen atoms in total. The number of hydrogen-bond donors (Lipinski definition) is 7. The number of carbonyl (C=O) groups is 1. The number of fused-ring (bicyclic) bond motifs is 1. The molecule has 2 heterocycles. The molecule has 1 aliphatic rings. The molecule has 1 saturated heterocycles. The van der Waals surface area contributed by atoms with Gasteiger partial charge in [0.2, 0.25) is 23.2 Å². The summed E-state index contributed by atoms with van der Waals surface area (Å²) in [7, 11) is 2.50. The van der Waals surface area contributed by atoms with Gasteiger partial charge >= 0.3 is 5.97 Å². The Kier molecular flexibility index (Phi) is 6.75. The monoisotopic (exact) mass is 522 g/mol. The number of phenolic OH excluding ortho intramolecular Hbond substituents is 3. The van der Waals surface area contributed by atoms with Gasteiger partial charge < -0.3 is 59.1 Å². The van der Waals surface area contributed by atoms with Crippen molar-refractivity contribution in [3.63, 3.8) is 0 Å². The van der Waals surface area contributed by atoms with Crippen molar-refractivity contribution in [3.05, 3.63) is 34.5 Å². The highest BCUT2D eigenvalue weighted by Crippen LogP contribution is 2.44. The lowest BCUT2D eigenvalue weighted by Gasteiger charge is -2.38. The molecule has 3 aromatic rings. The highest BCUT2D eigenvalue weighted by atomic mass is 16.7. The van der Waals surface area contributed by atoms with Crippen LogP contribution in [0.25, 0.3) is 22.3 Å². The molecule has 1 aromatic heterocycles. The summed E-state index contributed by atoms with van der Waals surface area (Å²) in [4.78, 5) is 25.0. The van der Waals surface area contributed by atoms with Gasteiger partial charge in [-0.05, 0) is 18.2 Å². The molecule has 1 aliphatic heterocycles. The van der Waals surface area contributed by atoms with Crippen molar-refractivity contribution in [2.24, 2.45) is 0 Å². The smallest absolute Gasteiger partial charge is 0.335 e. The second-order valence-electron chi connectivity index (χ2n) is 7.98. The van der Waals surface area contributed by atoms with Crippen LogP contribution in [0.2, 0.25) is 0 Å². The Morgan fingerprint density at radius 2 is 1.59 bits per heavy atom. The van der Waals surface area contributed by atoms with Gasteiger partial charge in [-0.15, -0.1) is 0 Å². The number of aliphatic carboxylic acids is 1. The van der Waals surface area contributed by atoms with Crippen LogP contribution in [-0.4, -0.2) is 86.6 Å². The van der Waals surface area contributed by atoms with Crippen molar-refractivity contribution in [2.75, 3.05) is 14.2 Å². The van der Waals surface area contributed by atoms with E-state index in [9.17, 15) is 45.3 Å². The molecule has 0 saturated carbocycles. The third-order valence-electron chi connectivity index (χ3n) is 5.76. The second-order valence-corrected chi connectivity index (χ2v) is 7.98. The fourth-order valence-electron chi connectivity index (χ4n) is 3.83. The summed E-state index contributed by atoms with van der Waals surface area (Å²) in [5.74, 6) is -5.07. The number of benzene rings is 2. The Balaban J connectivity index is 1.95. The Hall–Kier alpha value is -4.24. The van der Waals surface area contributed by atoms with E-state index in [0.29, 0.717) is 0 Å². The minimum Gasteiger partial charge on any atom is -0.504 e. The maximum absolute atomic E-state index is 13.5. The van der Waals surface area contributed by atoms with E-state index in [2.05, 4.69) is 0 Å². The Morgan fingerprint density at radius 3 is 2.19 bits per heavy atom. The molecule has 0 spiro atoms. The predicted molar refractivity (Wildman–Crippen MR) is 121 cm³/mol. The number of carboxylic acids is 1. The highest BCUT2D eigenvalue weighted by Gasteiger charge is 2.48. The van der Waals surface area contributed by atoms with E-state index in [1.165, 1.54) is 26.4 Å². The van der Waals surface area contributed by atoms with Gasteiger partial charge in [0.05, 0.1) is 14.2 Å². The first-order chi connectivity index (χ1) is 17.5. The number of carboxylic acid groups (broad SMARTS) is 1. The van der Waals surface area contributed by atoms with Crippen LogP contribution in [0.5, 0.6) is 34.5 Å². The van der Waals surface area contributed by atoms with Gasteiger partial charge in [0, 0.05) is 11.6 Å². The van der Waals surface area contributed by atoms with Gasteiger partial charge in [0.25, 0.3) is 0 Å². The third kappa shape index (κ3) is 4.31. The van der Waals surface area contributed by atoms with Crippen LogP contribution in [0, 0.1) is 0 Å². The van der Waals surface area contributed by atoms with Gasteiger partial charge in [-0.25, -0.2) is 4.79 Å². The van der Waals surface area contributed by atoms with E-state index in [1.807, 2.05) is 0 Å². The molecule has 0 bridgehead atoms. The first kappa shape index (κ1) is 25.8. The van der Waals surface area contributed by atoms with Crippen molar-refractivity contribution in [1.82, 2.24) is 0 Å². The standard InChI is InChI=1S/C23H22O14/c1-33-9-4-3-7(5-8(9)24)19-20(36-23-18(30)16(28)17(29)21(37-23)22(31)32)15(27)12-10(35-19)6-11(34-2)13(25)14(12)26/h3-6,16-18,21,23-26,28-30H,1-2H3,(H,31,32). The fraction of sp³-hybridized carbons (Fsp3) is 0.304. The molecule has 1 fully saturated rings. The summed E-state index contributed by atoms with van der Waals surface area (Å²) in [6.45, 7) is 0. The molecule has 0 amide bonds. The lowest BCUT2D eigenvalue weighted by Crippen LogP contribution is -2.61. The summed E-state index contributed by atoms with van der Waals surface area (Å²) in [6.07, 6.45) is -10.1. The van der Waals surface area contributed by atoms with Crippen LogP contribution in [0.1, 0.15) is 0 Å². The van der Waals surface area contributed by atoms with Crippen molar-refractivity contribution < 1.29 is 63.9 Å². The molecular weight excluding hydrogens is 500 g/mol. The maximum atomic E-state index is 13.5. The van der Waals surface area contributed by atoms with E-state index in [1.54, 1.807) is 0 Å². The highest BCUT2D eigenvalue weighted by molar-refractivity contribution is 5.91. The topological polar surface area (TPSA) is 226 Å². The lowest BCUT2D eigenvalue weighted by molar-refractivity contribution is -0.271. The zero-order valence-electron chi connectivity index (χ0n) is 19.2. The molecule has 5 unspecified atom stereocenters. The van der Waals surface area contributed by atoms with Gasteiger partial charge in [-0.1, -0.05) is 0 Å². The van der Waals surface area contributed by atoms with E-state index >= 15 is 0 Å². The molecule has 0 radical (unpaired) electrons. The first-order valence-corrected chi connectivity index (χ1v) is 10.6. The van der Waals surface area contributed by atoms with Crippen LogP contribution >= 0.6 is 0 Å². The third-order valence-corrected chi connectivity index (χ3v) is 5.76. The first-order valence-electron chi connectivity index (χ1n) is 10.6. The van der Waals surface area contributed by atoms with Gasteiger partial charge in [-0.2, -0.15) is 0 Å². The number of hydrogen-bond acceptors (Lipinski definition) is 13. The molecule has 2 aromatic carbocycles. The summed E-state index contributed by atoms with van der Waals surface area (Å²) >= 11 is 0. The number of rotatable bonds is 6. The molecule has 0 aliphatic carbocycles. The molecule has 37 heavy (non-hydrogen) atoms. The average molecular weight is 522 g/mol. The fourth-order valence-corrected chi connectivity index (χ4v) is 3.83. The normalized spacial score (nSPS) is 23.5. The van der Waals surface area contributed by atoms with Crippen LogP contribution < -0.4 is 19.6 Å². The molecular formula is C23H22O14. The van der Waals surface area contributed by atoms with Crippen molar-refractivity contribution >= 4 is 16.9 Å². The second kappa shape index (κ2) is 9.67. The summed E-state index contributed by atoms with van der Waals surface area (Å²) in [6, 6.07) is 4.95. The van der Waals surface area contributed by atoms with Crippen LogP contribution in [0.4, 0.5) is 0 Å². The minimum absolute atomic E-state index is 0.0273. The summed E-state index contributed by atoms with van der Waals surface area (Å²) in [5, 5.41) is 70.0. The SMILES string of the molecule is COc1ccc(-c2oc3cc(OC)c(O)c(O)c3c(=O)c2OC2OC(C(=O)O)C(O)C(O)C2O)cc1O. The quantitative estimate of drug-likeness (QED) is 0.209. The molecule has 198 valence electrons. The summed E-state index contributed by atoms with van der Waals surface area (Å²) < 4.78 is 26.3. The number of aromatic hydroxyl groups is 3. The molecule has 14 heteroatoms. The van der Waals surface area contributed by atoms with Gasteiger partial charge in [-0.3, -0.25) is 4.79 Å². The predicted octanol–water partition coefficient (Wildman–Crippen LogP) is -0.135. The van der Waals surface area contributed by atoms with E-state index in [0.717, 1.165) is 12.1 Å². The Bertz CT molecular complexity index is 1410. The average Bonchev–Trinajstić information content (AvgIpc) is 2.87. The van der Waals surface area contributed by atoms with Crippen LogP contribution in [0.3, 0.4) is 0 Å². The van der Waals surface area contributed by atoms with Crippen LogP contribution in [-0.2, 0) is 9.53 Å². The zero-order chi connectivity index (χ0) is 27.2. The van der Waals surface area contributed by atoms with E-state index in [4.69, 9.17) is 23.4 Å². The number of methoxy groups -OCH3 is 2. The molecule has 4 rings (SSSR count). The van der Waals surface area contributed by atoms with E-state index in [-0.39, 0.29) is 34.2 Å². The van der Waals surface area contributed by atoms with Crippen molar-refractivity contribution in [2.45, 2.75) is 30.7 Å². The lowest BCUT2D eigenvalue weighted by atomic mass is 9.99. The number of aliphatic hydroxyl groups excluding tert-OH is 3.